The first kappa shape index (κ1) is 21.2. The molecule has 0 N–H and O–H groups in total. The first-order chi connectivity index (χ1) is 12.4. The van der Waals surface area contributed by atoms with Gasteiger partial charge in [-0.1, -0.05) is 6.07 Å². The van der Waals surface area contributed by atoms with E-state index in [9.17, 15) is 19.7 Å². The molecule has 0 amide bonds. The van der Waals surface area contributed by atoms with Crippen molar-refractivity contribution in [1.29, 1.82) is 0 Å². The predicted octanol–water partition coefficient (Wildman–Crippen LogP) is 1.81. The standard InChI is InChI=1S/C17H23NO8/c1-5-25-16(19)15(17(20)26-6-2)13(10-18(21)22)12-8-7-11(23-3)9-14(12)24-4/h7-9,13,15H,5-6,10H2,1-4H3/t13-/m0/s1. The summed E-state index contributed by atoms with van der Waals surface area (Å²) in [5.41, 5.74) is 0.316. The van der Waals surface area contributed by atoms with Crippen molar-refractivity contribution in [3.05, 3.63) is 33.9 Å². The third-order valence-electron chi connectivity index (χ3n) is 3.67. The minimum absolute atomic E-state index is 0.0275. The van der Waals surface area contributed by atoms with E-state index in [4.69, 9.17) is 18.9 Å². The van der Waals surface area contributed by atoms with E-state index in [1.165, 1.54) is 26.4 Å². The first-order valence-electron chi connectivity index (χ1n) is 8.06. The van der Waals surface area contributed by atoms with Crippen LogP contribution in [0.3, 0.4) is 0 Å². The molecule has 0 saturated carbocycles. The summed E-state index contributed by atoms with van der Waals surface area (Å²) in [5, 5.41) is 11.2. The fourth-order valence-electron chi connectivity index (χ4n) is 2.56. The summed E-state index contributed by atoms with van der Waals surface area (Å²) in [6.07, 6.45) is 0. The van der Waals surface area contributed by atoms with Gasteiger partial charge in [-0.15, -0.1) is 0 Å². The summed E-state index contributed by atoms with van der Waals surface area (Å²) < 4.78 is 20.3. The highest BCUT2D eigenvalue weighted by atomic mass is 16.6. The molecule has 0 radical (unpaired) electrons. The maximum absolute atomic E-state index is 12.4. The lowest BCUT2D eigenvalue weighted by atomic mass is 9.85. The maximum Gasteiger partial charge on any atom is 0.321 e. The Labute approximate surface area is 151 Å². The monoisotopic (exact) mass is 369 g/mol. The molecule has 1 aromatic carbocycles. The van der Waals surface area contributed by atoms with Crippen LogP contribution in [0.1, 0.15) is 25.3 Å². The van der Waals surface area contributed by atoms with Crippen LogP contribution >= 0.6 is 0 Å². The molecule has 0 aliphatic rings. The molecule has 0 heterocycles. The lowest BCUT2D eigenvalue weighted by molar-refractivity contribution is -0.484. The number of ether oxygens (including phenoxy) is 4. The maximum atomic E-state index is 12.4. The number of carbonyl (C=O) groups is 2. The molecular weight excluding hydrogens is 346 g/mol. The number of hydrogen-bond acceptors (Lipinski definition) is 8. The fraction of sp³-hybridized carbons (Fsp3) is 0.529. The van der Waals surface area contributed by atoms with Crippen molar-refractivity contribution in [2.24, 2.45) is 5.92 Å². The van der Waals surface area contributed by atoms with E-state index in [-0.39, 0.29) is 19.0 Å². The van der Waals surface area contributed by atoms with E-state index in [1.54, 1.807) is 19.9 Å². The number of nitrogens with zero attached hydrogens (tertiary/aromatic N) is 1. The van der Waals surface area contributed by atoms with Gasteiger partial charge in [-0.05, 0) is 19.9 Å². The number of hydrogen-bond donors (Lipinski definition) is 0. The Kier molecular flexibility index (Phi) is 8.33. The number of methoxy groups -OCH3 is 2. The first-order valence-corrected chi connectivity index (χ1v) is 8.06. The molecule has 9 nitrogen and oxygen atoms in total. The van der Waals surface area contributed by atoms with Gasteiger partial charge in [0.15, 0.2) is 5.92 Å². The van der Waals surface area contributed by atoms with Crippen LogP contribution in [0.4, 0.5) is 0 Å². The second kappa shape index (κ2) is 10.2. The number of rotatable bonds is 10. The molecule has 0 aliphatic carbocycles. The molecular formula is C17H23NO8. The van der Waals surface area contributed by atoms with Gasteiger partial charge in [-0.2, -0.15) is 0 Å². The third kappa shape index (κ3) is 5.33. The summed E-state index contributed by atoms with van der Waals surface area (Å²) in [4.78, 5) is 35.3. The molecule has 1 atom stereocenters. The van der Waals surface area contributed by atoms with E-state index in [0.717, 1.165) is 0 Å². The van der Waals surface area contributed by atoms with Crippen molar-refractivity contribution in [3.8, 4) is 11.5 Å². The van der Waals surface area contributed by atoms with Gasteiger partial charge in [0.25, 0.3) is 0 Å². The topological polar surface area (TPSA) is 114 Å². The number of nitro groups is 1. The Morgan fingerprint density at radius 3 is 2.08 bits per heavy atom. The van der Waals surface area contributed by atoms with Gasteiger partial charge in [-0.25, -0.2) is 0 Å². The van der Waals surface area contributed by atoms with Crippen LogP contribution in [-0.2, 0) is 19.1 Å². The van der Waals surface area contributed by atoms with E-state index < -0.39 is 35.2 Å². The highest BCUT2D eigenvalue weighted by Gasteiger charge is 2.42. The zero-order chi connectivity index (χ0) is 19.7. The summed E-state index contributed by atoms with van der Waals surface area (Å²) in [5.74, 6) is -3.64. The van der Waals surface area contributed by atoms with E-state index >= 15 is 0 Å². The third-order valence-corrected chi connectivity index (χ3v) is 3.67. The van der Waals surface area contributed by atoms with Gasteiger partial charge in [0.1, 0.15) is 11.5 Å². The van der Waals surface area contributed by atoms with Crippen molar-refractivity contribution in [2.75, 3.05) is 34.0 Å². The summed E-state index contributed by atoms with van der Waals surface area (Å²) in [6.45, 7) is 2.54. The number of esters is 2. The molecule has 0 bridgehead atoms. The van der Waals surface area contributed by atoms with Crippen molar-refractivity contribution >= 4 is 11.9 Å². The second-order valence-corrected chi connectivity index (χ2v) is 5.21. The Bertz CT molecular complexity index is 628. The van der Waals surface area contributed by atoms with Gasteiger partial charge in [-0.3, -0.25) is 19.7 Å². The SMILES string of the molecule is CCOC(=O)C(C(=O)OCC)[C@@H](C[N+](=O)[O-])c1ccc(OC)cc1OC. The molecule has 1 aromatic rings. The fourth-order valence-corrected chi connectivity index (χ4v) is 2.56. The van der Waals surface area contributed by atoms with Crippen LogP contribution in [0.15, 0.2) is 18.2 Å². The molecule has 0 spiro atoms. The molecule has 144 valence electrons. The van der Waals surface area contributed by atoms with Crippen molar-refractivity contribution in [2.45, 2.75) is 19.8 Å². The average molecular weight is 369 g/mol. The van der Waals surface area contributed by atoms with Crippen LogP contribution in [0.2, 0.25) is 0 Å². The van der Waals surface area contributed by atoms with Gasteiger partial charge in [0.05, 0.1) is 33.4 Å². The smallest absolute Gasteiger partial charge is 0.321 e. The lowest BCUT2D eigenvalue weighted by Crippen LogP contribution is -2.36. The molecule has 0 fully saturated rings. The lowest BCUT2D eigenvalue weighted by Gasteiger charge is -2.23. The summed E-state index contributed by atoms with van der Waals surface area (Å²) >= 11 is 0. The molecule has 26 heavy (non-hydrogen) atoms. The minimum Gasteiger partial charge on any atom is -0.497 e. The molecule has 0 aliphatic heterocycles. The van der Waals surface area contributed by atoms with Crippen LogP contribution in [0.25, 0.3) is 0 Å². The van der Waals surface area contributed by atoms with E-state index in [0.29, 0.717) is 11.3 Å². The minimum atomic E-state index is -1.48. The highest BCUT2D eigenvalue weighted by Crippen LogP contribution is 2.36. The largest absolute Gasteiger partial charge is 0.497 e. The van der Waals surface area contributed by atoms with Crippen LogP contribution in [-0.4, -0.2) is 50.8 Å². The van der Waals surface area contributed by atoms with Crippen LogP contribution < -0.4 is 9.47 Å². The quantitative estimate of drug-likeness (QED) is 0.265. The van der Waals surface area contributed by atoms with Gasteiger partial charge in [0, 0.05) is 16.6 Å². The number of benzene rings is 1. The van der Waals surface area contributed by atoms with Crippen molar-refractivity contribution in [3.63, 3.8) is 0 Å². The van der Waals surface area contributed by atoms with Gasteiger partial charge < -0.3 is 18.9 Å². The van der Waals surface area contributed by atoms with Gasteiger partial charge in [0.2, 0.25) is 6.54 Å². The zero-order valence-electron chi connectivity index (χ0n) is 15.2. The van der Waals surface area contributed by atoms with E-state index in [1.807, 2.05) is 0 Å². The highest BCUT2D eigenvalue weighted by molar-refractivity contribution is 5.96. The Balaban J connectivity index is 3.46. The molecule has 0 aromatic heterocycles. The van der Waals surface area contributed by atoms with Crippen LogP contribution in [0, 0.1) is 16.0 Å². The predicted molar refractivity (Wildman–Crippen MR) is 90.9 cm³/mol. The molecule has 0 saturated heterocycles. The Hall–Kier alpha value is -2.84. The van der Waals surface area contributed by atoms with Gasteiger partial charge >= 0.3 is 11.9 Å². The Morgan fingerprint density at radius 1 is 1.08 bits per heavy atom. The molecule has 9 heteroatoms. The van der Waals surface area contributed by atoms with Crippen molar-refractivity contribution < 1.29 is 33.5 Å². The molecule has 1 rings (SSSR count). The average Bonchev–Trinajstić information content (AvgIpc) is 2.60. The number of carbonyl (C=O) groups excluding carboxylic acids is 2. The summed E-state index contributed by atoms with van der Waals surface area (Å²) in [7, 11) is 2.84. The second-order valence-electron chi connectivity index (χ2n) is 5.21. The van der Waals surface area contributed by atoms with Crippen molar-refractivity contribution in [1.82, 2.24) is 0 Å². The van der Waals surface area contributed by atoms with E-state index in [2.05, 4.69) is 0 Å². The van der Waals surface area contributed by atoms with Crippen LogP contribution in [0.5, 0.6) is 11.5 Å². The summed E-state index contributed by atoms with van der Waals surface area (Å²) in [6, 6.07) is 4.62. The molecule has 0 unspecified atom stereocenters. The zero-order valence-corrected chi connectivity index (χ0v) is 15.2. The normalized spacial score (nSPS) is 11.6. The Morgan fingerprint density at radius 2 is 1.65 bits per heavy atom.